The van der Waals surface area contributed by atoms with Gasteiger partial charge in [0.15, 0.2) is 0 Å². The lowest BCUT2D eigenvalue weighted by Gasteiger charge is -2.37. The van der Waals surface area contributed by atoms with E-state index < -0.39 is 0 Å². The molecule has 0 fully saturated rings. The Balaban J connectivity index is 2.36. The van der Waals surface area contributed by atoms with Crippen molar-refractivity contribution in [3.63, 3.8) is 0 Å². The third-order valence-electron chi connectivity index (χ3n) is 3.26. The van der Waals surface area contributed by atoms with Crippen molar-refractivity contribution in [2.45, 2.75) is 51.6 Å². The maximum Gasteiger partial charge on any atom is 0.140 e. The van der Waals surface area contributed by atoms with E-state index in [0.29, 0.717) is 12.2 Å². The number of hydrogen-bond acceptors (Lipinski definition) is 2. The van der Waals surface area contributed by atoms with Crippen molar-refractivity contribution in [1.82, 2.24) is 0 Å². The Hall–Kier alpha value is -1.31. The molecule has 1 aromatic carbocycles. The zero-order chi connectivity index (χ0) is 12.5. The van der Waals surface area contributed by atoms with Gasteiger partial charge in [-0.3, -0.25) is 4.79 Å². The Morgan fingerprint density at radius 3 is 2.82 bits per heavy atom. The Bertz CT molecular complexity index is 421. The molecule has 1 unspecified atom stereocenters. The Morgan fingerprint density at radius 2 is 2.12 bits per heavy atom. The number of benzene rings is 1. The molecule has 0 saturated heterocycles. The van der Waals surface area contributed by atoms with Crippen LogP contribution in [-0.2, 0) is 4.79 Å². The molecule has 1 aliphatic rings. The molecule has 2 heteroatoms. The number of hydrogen-bond donors (Lipinski definition) is 0. The van der Waals surface area contributed by atoms with Crippen molar-refractivity contribution in [3.05, 3.63) is 29.8 Å². The summed E-state index contributed by atoms with van der Waals surface area (Å²) in [4.78, 5) is 12.2. The fourth-order valence-corrected chi connectivity index (χ4v) is 2.51. The second-order valence-electron chi connectivity index (χ2n) is 5.37. The molecule has 1 aliphatic heterocycles. The minimum atomic E-state index is -0.248. The lowest BCUT2D eigenvalue weighted by atomic mass is 9.81. The van der Waals surface area contributed by atoms with E-state index >= 15 is 0 Å². The van der Waals surface area contributed by atoms with E-state index in [2.05, 4.69) is 13.8 Å². The predicted molar refractivity (Wildman–Crippen MR) is 68.4 cm³/mol. The third-order valence-corrected chi connectivity index (χ3v) is 3.26. The van der Waals surface area contributed by atoms with Crippen molar-refractivity contribution in [2.24, 2.45) is 0 Å². The molecule has 17 heavy (non-hydrogen) atoms. The molecule has 0 aromatic heterocycles. The molecule has 1 aromatic rings. The van der Waals surface area contributed by atoms with Crippen molar-refractivity contribution in [1.29, 1.82) is 0 Å². The summed E-state index contributed by atoms with van der Waals surface area (Å²) >= 11 is 0. The van der Waals surface area contributed by atoms with Crippen LogP contribution in [0.1, 0.15) is 51.5 Å². The summed E-state index contributed by atoms with van der Waals surface area (Å²) in [6.07, 6.45) is 2.36. The van der Waals surface area contributed by atoms with E-state index in [1.165, 1.54) is 0 Å². The molecule has 0 saturated carbocycles. The molecule has 1 atom stereocenters. The van der Waals surface area contributed by atoms with Crippen LogP contribution in [0.3, 0.4) is 0 Å². The zero-order valence-electron chi connectivity index (χ0n) is 10.8. The van der Waals surface area contributed by atoms with Crippen molar-refractivity contribution in [2.75, 3.05) is 0 Å². The molecule has 1 heterocycles. The molecular weight excluding hydrogens is 212 g/mol. The molecule has 0 radical (unpaired) electrons. The molecule has 2 rings (SSSR count). The number of ether oxygens (including phenoxy) is 1. The number of para-hydroxylation sites is 1. The highest BCUT2D eigenvalue weighted by molar-refractivity contribution is 5.86. The first-order valence-electron chi connectivity index (χ1n) is 6.34. The quantitative estimate of drug-likeness (QED) is 0.794. The minimum absolute atomic E-state index is 0.00917. The SMILES string of the molecule is CCCC(=O)C1CC(C)(C)Oc2ccccc21. The van der Waals surface area contributed by atoms with E-state index in [1.54, 1.807) is 0 Å². The largest absolute Gasteiger partial charge is 0.488 e. The summed E-state index contributed by atoms with van der Waals surface area (Å²) in [6, 6.07) is 7.92. The lowest BCUT2D eigenvalue weighted by molar-refractivity contribution is -0.122. The highest BCUT2D eigenvalue weighted by Crippen LogP contribution is 2.41. The topological polar surface area (TPSA) is 26.3 Å². The second kappa shape index (κ2) is 4.52. The van der Waals surface area contributed by atoms with Crippen LogP contribution < -0.4 is 4.74 Å². The van der Waals surface area contributed by atoms with Gasteiger partial charge >= 0.3 is 0 Å². The van der Waals surface area contributed by atoms with Gasteiger partial charge in [0.1, 0.15) is 17.1 Å². The van der Waals surface area contributed by atoms with Crippen molar-refractivity contribution < 1.29 is 9.53 Å². The Morgan fingerprint density at radius 1 is 1.41 bits per heavy atom. The maximum absolute atomic E-state index is 12.2. The Kier molecular flexibility index (Phi) is 3.23. The number of carbonyl (C=O) groups excluding carboxylic acids is 1. The highest BCUT2D eigenvalue weighted by atomic mass is 16.5. The standard InChI is InChI=1S/C15H20O2/c1-4-7-13(16)12-10-15(2,3)17-14-9-6-5-8-11(12)14/h5-6,8-9,12H,4,7,10H2,1-3H3. The number of carbonyl (C=O) groups is 1. The highest BCUT2D eigenvalue weighted by Gasteiger charge is 2.36. The van der Waals surface area contributed by atoms with Crippen LogP contribution >= 0.6 is 0 Å². The summed E-state index contributed by atoms with van der Waals surface area (Å²) in [7, 11) is 0. The minimum Gasteiger partial charge on any atom is -0.488 e. The van der Waals surface area contributed by atoms with Crippen molar-refractivity contribution >= 4 is 5.78 Å². The maximum atomic E-state index is 12.2. The van der Waals surface area contributed by atoms with Crippen LogP contribution in [0, 0.1) is 0 Å². The van der Waals surface area contributed by atoms with Gasteiger partial charge in [-0.05, 0) is 26.3 Å². The number of ketones is 1. The van der Waals surface area contributed by atoms with Crippen molar-refractivity contribution in [3.8, 4) is 5.75 Å². The molecular formula is C15H20O2. The van der Waals surface area contributed by atoms with Crippen LogP contribution in [0.4, 0.5) is 0 Å². The van der Waals surface area contributed by atoms with Gasteiger partial charge in [0.05, 0.1) is 5.92 Å². The number of rotatable bonds is 3. The van der Waals surface area contributed by atoms with E-state index in [9.17, 15) is 4.79 Å². The number of Topliss-reactive ketones (excluding diaryl/α,β-unsaturated/α-hetero) is 1. The van der Waals surface area contributed by atoms with Gasteiger partial charge in [0.25, 0.3) is 0 Å². The normalized spacial score (nSPS) is 21.5. The molecule has 0 N–H and O–H groups in total. The van der Waals surface area contributed by atoms with Gasteiger partial charge in [-0.1, -0.05) is 25.1 Å². The molecule has 2 nitrogen and oxygen atoms in total. The summed E-state index contributed by atoms with van der Waals surface area (Å²) in [5.74, 6) is 1.23. The third kappa shape index (κ3) is 2.51. The van der Waals surface area contributed by atoms with Gasteiger partial charge in [-0.2, -0.15) is 0 Å². The number of fused-ring (bicyclic) bond motifs is 1. The van der Waals surface area contributed by atoms with E-state index in [-0.39, 0.29) is 11.5 Å². The first-order chi connectivity index (χ1) is 8.03. The van der Waals surface area contributed by atoms with Gasteiger partial charge in [0, 0.05) is 18.4 Å². The van der Waals surface area contributed by atoms with E-state index in [1.807, 2.05) is 31.2 Å². The lowest BCUT2D eigenvalue weighted by Crippen LogP contribution is -2.37. The van der Waals surface area contributed by atoms with Crippen LogP contribution in [0.15, 0.2) is 24.3 Å². The summed E-state index contributed by atoms with van der Waals surface area (Å²) in [5, 5.41) is 0. The van der Waals surface area contributed by atoms with Gasteiger partial charge in [-0.25, -0.2) is 0 Å². The fourth-order valence-electron chi connectivity index (χ4n) is 2.51. The van der Waals surface area contributed by atoms with Gasteiger partial charge < -0.3 is 4.74 Å². The first-order valence-corrected chi connectivity index (χ1v) is 6.34. The average molecular weight is 232 g/mol. The first kappa shape index (κ1) is 12.2. The van der Waals surface area contributed by atoms with Gasteiger partial charge in [-0.15, -0.1) is 0 Å². The smallest absolute Gasteiger partial charge is 0.140 e. The van der Waals surface area contributed by atoms with Crippen LogP contribution in [0.25, 0.3) is 0 Å². The average Bonchev–Trinajstić information content (AvgIpc) is 2.27. The molecule has 0 spiro atoms. The molecule has 0 bridgehead atoms. The summed E-state index contributed by atoms with van der Waals surface area (Å²) in [6.45, 7) is 6.15. The zero-order valence-corrected chi connectivity index (χ0v) is 10.8. The van der Waals surface area contributed by atoms with E-state index in [4.69, 9.17) is 4.74 Å². The van der Waals surface area contributed by atoms with Crippen LogP contribution in [-0.4, -0.2) is 11.4 Å². The molecule has 0 aliphatic carbocycles. The fraction of sp³-hybridized carbons (Fsp3) is 0.533. The predicted octanol–water partition coefficient (Wildman–Crippen LogP) is 3.70. The summed E-state index contributed by atoms with van der Waals surface area (Å²) < 4.78 is 5.93. The van der Waals surface area contributed by atoms with Crippen LogP contribution in [0.2, 0.25) is 0 Å². The monoisotopic (exact) mass is 232 g/mol. The van der Waals surface area contributed by atoms with Gasteiger partial charge in [0.2, 0.25) is 0 Å². The molecule has 0 amide bonds. The van der Waals surface area contributed by atoms with Crippen LogP contribution in [0.5, 0.6) is 5.75 Å². The Labute approximate surface area is 103 Å². The second-order valence-corrected chi connectivity index (χ2v) is 5.37. The summed E-state index contributed by atoms with van der Waals surface area (Å²) in [5.41, 5.74) is 0.813. The molecule has 92 valence electrons. The van der Waals surface area contributed by atoms with E-state index in [0.717, 1.165) is 24.2 Å².